The maximum Gasteiger partial charge on any atom is 0.121 e. The van der Waals surface area contributed by atoms with Gasteiger partial charge in [0.05, 0.1) is 6.61 Å². The Balaban J connectivity index is 1.65. The van der Waals surface area contributed by atoms with Gasteiger partial charge < -0.3 is 10.5 Å². The van der Waals surface area contributed by atoms with E-state index in [1.807, 2.05) is 24.3 Å². The first kappa shape index (κ1) is 12.5. The average Bonchev–Trinajstić information content (AvgIpc) is 2.47. The summed E-state index contributed by atoms with van der Waals surface area (Å²) < 4.78 is 5.72. The van der Waals surface area contributed by atoms with Gasteiger partial charge in [0.25, 0.3) is 0 Å². The number of fused-ring (bicyclic) bond motifs is 1. The fourth-order valence-corrected chi connectivity index (χ4v) is 2.29. The number of nitrogens with two attached hydrogens (primary N) is 1. The zero-order valence-electron chi connectivity index (χ0n) is 11.3. The van der Waals surface area contributed by atoms with Gasteiger partial charge in [0.1, 0.15) is 5.75 Å². The summed E-state index contributed by atoms with van der Waals surface area (Å²) in [4.78, 5) is 0. The first-order valence-corrected chi connectivity index (χ1v) is 6.77. The number of anilines is 1. The minimum absolute atomic E-state index is 0.655. The molecule has 0 bridgehead atoms. The van der Waals surface area contributed by atoms with Crippen LogP contribution in [0.5, 0.6) is 5.75 Å². The van der Waals surface area contributed by atoms with Crippen molar-refractivity contribution in [3.63, 3.8) is 0 Å². The highest BCUT2D eigenvalue weighted by Crippen LogP contribution is 2.17. The van der Waals surface area contributed by atoms with E-state index in [2.05, 4.69) is 42.5 Å². The molecule has 0 aliphatic heterocycles. The van der Waals surface area contributed by atoms with Crippen molar-refractivity contribution in [3.05, 3.63) is 72.3 Å². The molecule has 20 heavy (non-hydrogen) atoms. The molecular weight excluding hydrogens is 246 g/mol. The van der Waals surface area contributed by atoms with Gasteiger partial charge in [0, 0.05) is 18.2 Å². The maximum atomic E-state index is 5.72. The van der Waals surface area contributed by atoms with E-state index in [1.165, 1.54) is 16.3 Å². The molecule has 0 saturated carbocycles. The molecule has 2 heteroatoms. The monoisotopic (exact) mass is 263 g/mol. The minimum atomic E-state index is 0.655. The van der Waals surface area contributed by atoms with Crippen LogP contribution >= 0.6 is 0 Å². The van der Waals surface area contributed by atoms with Gasteiger partial charge in [-0.15, -0.1) is 0 Å². The zero-order chi connectivity index (χ0) is 13.8. The molecule has 0 fully saturated rings. The third-order valence-corrected chi connectivity index (χ3v) is 3.33. The van der Waals surface area contributed by atoms with E-state index in [9.17, 15) is 0 Å². The molecule has 3 rings (SSSR count). The van der Waals surface area contributed by atoms with Crippen LogP contribution in [0.25, 0.3) is 10.8 Å². The van der Waals surface area contributed by atoms with Crippen LogP contribution in [0, 0.1) is 0 Å². The Kier molecular flexibility index (Phi) is 3.55. The van der Waals surface area contributed by atoms with Gasteiger partial charge in [-0.1, -0.05) is 48.5 Å². The summed E-state index contributed by atoms with van der Waals surface area (Å²) in [6.07, 6.45) is 0.889. The number of rotatable bonds is 4. The van der Waals surface area contributed by atoms with Crippen molar-refractivity contribution in [1.82, 2.24) is 0 Å². The Morgan fingerprint density at radius 3 is 2.50 bits per heavy atom. The molecule has 2 nitrogen and oxygen atoms in total. The van der Waals surface area contributed by atoms with Crippen molar-refractivity contribution in [3.8, 4) is 5.75 Å². The second-order valence-electron chi connectivity index (χ2n) is 4.85. The predicted molar refractivity (Wildman–Crippen MR) is 84.0 cm³/mol. The Labute approximate surface area is 118 Å². The van der Waals surface area contributed by atoms with Gasteiger partial charge in [0.15, 0.2) is 0 Å². The number of nitrogen functional groups attached to an aromatic ring is 1. The lowest BCUT2D eigenvalue weighted by atomic mass is 10.1. The van der Waals surface area contributed by atoms with Crippen molar-refractivity contribution in [2.75, 3.05) is 12.3 Å². The minimum Gasteiger partial charge on any atom is -0.493 e. The summed E-state index contributed by atoms with van der Waals surface area (Å²) in [5.41, 5.74) is 7.74. The fraction of sp³-hybridized carbons (Fsp3) is 0.111. The van der Waals surface area contributed by atoms with Gasteiger partial charge >= 0.3 is 0 Å². The Morgan fingerprint density at radius 1 is 0.800 bits per heavy atom. The van der Waals surface area contributed by atoms with E-state index in [4.69, 9.17) is 10.5 Å². The van der Waals surface area contributed by atoms with Crippen LogP contribution in [-0.2, 0) is 6.42 Å². The van der Waals surface area contributed by atoms with E-state index in [0.29, 0.717) is 6.61 Å². The summed E-state index contributed by atoms with van der Waals surface area (Å²) in [6, 6.07) is 22.5. The second kappa shape index (κ2) is 5.66. The highest BCUT2D eigenvalue weighted by Gasteiger charge is 1.98. The lowest BCUT2D eigenvalue weighted by Gasteiger charge is -2.07. The van der Waals surface area contributed by atoms with E-state index in [1.54, 1.807) is 0 Å². The SMILES string of the molecule is Nc1cccc(OCCc2ccc3ccccc3c2)c1. The van der Waals surface area contributed by atoms with Crippen molar-refractivity contribution in [1.29, 1.82) is 0 Å². The van der Waals surface area contributed by atoms with Crippen molar-refractivity contribution >= 4 is 16.5 Å². The lowest BCUT2D eigenvalue weighted by Crippen LogP contribution is -2.01. The van der Waals surface area contributed by atoms with E-state index in [-0.39, 0.29) is 0 Å². The van der Waals surface area contributed by atoms with Crippen LogP contribution in [0.1, 0.15) is 5.56 Å². The summed E-state index contributed by atoms with van der Waals surface area (Å²) >= 11 is 0. The van der Waals surface area contributed by atoms with Crippen molar-refractivity contribution in [2.45, 2.75) is 6.42 Å². The summed E-state index contributed by atoms with van der Waals surface area (Å²) in [6.45, 7) is 0.655. The molecule has 0 amide bonds. The molecule has 2 N–H and O–H groups in total. The summed E-state index contributed by atoms with van der Waals surface area (Å²) in [5.74, 6) is 0.825. The standard InChI is InChI=1S/C18H17NO/c19-17-6-3-7-18(13-17)20-11-10-14-8-9-15-4-1-2-5-16(15)12-14/h1-9,12-13H,10-11,19H2. The smallest absolute Gasteiger partial charge is 0.121 e. The molecule has 100 valence electrons. The third kappa shape index (κ3) is 2.91. The van der Waals surface area contributed by atoms with Gasteiger partial charge in [-0.3, -0.25) is 0 Å². The fourth-order valence-electron chi connectivity index (χ4n) is 2.29. The van der Waals surface area contributed by atoms with Crippen LogP contribution in [0.3, 0.4) is 0 Å². The van der Waals surface area contributed by atoms with Crippen LogP contribution < -0.4 is 10.5 Å². The molecule has 0 aromatic heterocycles. The molecule has 0 spiro atoms. The van der Waals surface area contributed by atoms with Gasteiger partial charge in [-0.2, -0.15) is 0 Å². The van der Waals surface area contributed by atoms with E-state index < -0.39 is 0 Å². The van der Waals surface area contributed by atoms with E-state index >= 15 is 0 Å². The molecule has 0 atom stereocenters. The van der Waals surface area contributed by atoms with Crippen LogP contribution in [0.2, 0.25) is 0 Å². The van der Waals surface area contributed by atoms with Gasteiger partial charge in [-0.05, 0) is 28.5 Å². The molecule has 0 aliphatic carbocycles. The molecule has 3 aromatic carbocycles. The molecule has 0 radical (unpaired) electrons. The van der Waals surface area contributed by atoms with Crippen molar-refractivity contribution in [2.24, 2.45) is 0 Å². The topological polar surface area (TPSA) is 35.2 Å². The summed E-state index contributed by atoms with van der Waals surface area (Å²) in [7, 11) is 0. The number of ether oxygens (including phenoxy) is 1. The van der Waals surface area contributed by atoms with Gasteiger partial charge in [0.2, 0.25) is 0 Å². The van der Waals surface area contributed by atoms with Crippen LogP contribution in [-0.4, -0.2) is 6.61 Å². The Hall–Kier alpha value is -2.48. The molecule has 0 saturated heterocycles. The number of hydrogen-bond acceptors (Lipinski definition) is 2. The largest absolute Gasteiger partial charge is 0.493 e. The zero-order valence-corrected chi connectivity index (χ0v) is 11.3. The van der Waals surface area contributed by atoms with Crippen molar-refractivity contribution < 1.29 is 4.74 Å². The molecule has 0 aliphatic rings. The number of hydrogen-bond donors (Lipinski definition) is 1. The first-order chi connectivity index (χ1) is 9.81. The Morgan fingerprint density at radius 2 is 1.65 bits per heavy atom. The summed E-state index contributed by atoms with van der Waals surface area (Å²) in [5, 5.41) is 2.54. The highest BCUT2D eigenvalue weighted by atomic mass is 16.5. The lowest BCUT2D eigenvalue weighted by molar-refractivity contribution is 0.322. The first-order valence-electron chi connectivity index (χ1n) is 6.77. The molecule has 3 aromatic rings. The quantitative estimate of drug-likeness (QED) is 0.721. The van der Waals surface area contributed by atoms with E-state index in [0.717, 1.165) is 17.9 Å². The molecular formula is C18H17NO. The normalized spacial score (nSPS) is 10.6. The van der Waals surface area contributed by atoms with Gasteiger partial charge in [-0.25, -0.2) is 0 Å². The number of benzene rings is 3. The van der Waals surface area contributed by atoms with Crippen LogP contribution in [0.15, 0.2) is 66.7 Å². The molecule has 0 heterocycles. The Bertz CT molecular complexity index is 721. The predicted octanol–water partition coefficient (Wildman–Crippen LogP) is 4.04. The average molecular weight is 263 g/mol. The van der Waals surface area contributed by atoms with Crippen LogP contribution in [0.4, 0.5) is 5.69 Å². The highest BCUT2D eigenvalue weighted by molar-refractivity contribution is 5.82. The maximum absolute atomic E-state index is 5.72. The second-order valence-corrected chi connectivity index (χ2v) is 4.85. The molecule has 0 unspecified atom stereocenters. The third-order valence-electron chi connectivity index (χ3n) is 3.33.